The highest BCUT2D eigenvalue weighted by atomic mass is 19.1. The summed E-state index contributed by atoms with van der Waals surface area (Å²) >= 11 is 0. The standard InChI is InChI=1S/C14H16FN/c1-2-13-7-5-6-12(10-14(13)15)11-16-8-3-4-9-16/h1,5-7,10,12H,3-4,8-9,11H2. The van der Waals surface area contributed by atoms with Gasteiger partial charge in [0.15, 0.2) is 0 Å². The highest BCUT2D eigenvalue weighted by molar-refractivity contribution is 5.45. The lowest BCUT2D eigenvalue weighted by atomic mass is 10.1. The summed E-state index contributed by atoms with van der Waals surface area (Å²) in [7, 11) is 0. The van der Waals surface area contributed by atoms with E-state index < -0.39 is 0 Å². The molecule has 1 saturated heterocycles. The lowest BCUT2D eigenvalue weighted by Gasteiger charge is -2.18. The summed E-state index contributed by atoms with van der Waals surface area (Å²) in [5, 5.41) is 0. The molecule has 84 valence electrons. The molecule has 1 fully saturated rings. The van der Waals surface area contributed by atoms with Crippen LogP contribution in [0.15, 0.2) is 35.7 Å². The Morgan fingerprint density at radius 1 is 1.44 bits per heavy atom. The van der Waals surface area contributed by atoms with Gasteiger partial charge in [-0.3, -0.25) is 0 Å². The number of rotatable bonds is 2. The number of hydrogen-bond donors (Lipinski definition) is 0. The first kappa shape index (κ1) is 11.2. The van der Waals surface area contributed by atoms with E-state index in [1.54, 1.807) is 12.2 Å². The maximum atomic E-state index is 13.6. The molecular formula is C14H16FN. The Kier molecular flexibility index (Phi) is 3.58. The fourth-order valence-corrected chi connectivity index (χ4v) is 2.20. The predicted molar refractivity (Wildman–Crippen MR) is 64.4 cm³/mol. The number of hydrogen-bond acceptors (Lipinski definition) is 1. The third-order valence-corrected chi connectivity index (χ3v) is 3.06. The van der Waals surface area contributed by atoms with Gasteiger partial charge in [-0.25, -0.2) is 4.39 Å². The van der Waals surface area contributed by atoms with Crippen LogP contribution in [0.4, 0.5) is 4.39 Å². The van der Waals surface area contributed by atoms with Crippen LogP contribution in [0.3, 0.4) is 0 Å². The van der Waals surface area contributed by atoms with Gasteiger partial charge in [0, 0.05) is 12.5 Å². The van der Waals surface area contributed by atoms with Gasteiger partial charge >= 0.3 is 0 Å². The van der Waals surface area contributed by atoms with Gasteiger partial charge in [-0.15, -0.1) is 6.42 Å². The van der Waals surface area contributed by atoms with Crippen molar-refractivity contribution in [2.45, 2.75) is 12.8 Å². The van der Waals surface area contributed by atoms with Crippen molar-refractivity contribution in [3.63, 3.8) is 0 Å². The quantitative estimate of drug-likeness (QED) is 0.643. The van der Waals surface area contributed by atoms with Gasteiger partial charge in [0.2, 0.25) is 0 Å². The average molecular weight is 217 g/mol. The van der Waals surface area contributed by atoms with Crippen molar-refractivity contribution in [1.29, 1.82) is 0 Å². The summed E-state index contributed by atoms with van der Waals surface area (Å²) < 4.78 is 13.6. The second-order valence-corrected chi connectivity index (χ2v) is 4.30. The second kappa shape index (κ2) is 5.14. The molecule has 1 unspecified atom stereocenters. The number of likely N-dealkylation sites (tertiary alicyclic amines) is 1. The molecule has 0 aromatic heterocycles. The number of allylic oxidation sites excluding steroid dienone is 4. The molecule has 0 bridgehead atoms. The van der Waals surface area contributed by atoms with Gasteiger partial charge in [-0.05, 0) is 38.1 Å². The van der Waals surface area contributed by atoms with Crippen LogP contribution in [-0.2, 0) is 0 Å². The van der Waals surface area contributed by atoms with E-state index >= 15 is 0 Å². The van der Waals surface area contributed by atoms with E-state index in [2.05, 4.69) is 10.8 Å². The van der Waals surface area contributed by atoms with Crippen molar-refractivity contribution in [2.75, 3.05) is 19.6 Å². The number of nitrogens with zero attached hydrogens (tertiary/aromatic N) is 1. The summed E-state index contributed by atoms with van der Waals surface area (Å²) in [6, 6.07) is 0. The molecule has 1 aliphatic carbocycles. The maximum Gasteiger partial charge on any atom is 0.135 e. The highest BCUT2D eigenvalue weighted by Crippen LogP contribution is 2.20. The van der Waals surface area contributed by atoms with Crippen LogP contribution in [-0.4, -0.2) is 24.5 Å². The topological polar surface area (TPSA) is 3.24 Å². The summed E-state index contributed by atoms with van der Waals surface area (Å²) in [6.45, 7) is 3.17. The first-order chi connectivity index (χ1) is 7.79. The lowest BCUT2D eigenvalue weighted by Crippen LogP contribution is -2.25. The van der Waals surface area contributed by atoms with Gasteiger partial charge in [-0.2, -0.15) is 0 Å². The fraction of sp³-hybridized carbons (Fsp3) is 0.429. The molecule has 1 atom stereocenters. The molecule has 0 radical (unpaired) electrons. The van der Waals surface area contributed by atoms with Crippen molar-refractivity contribution < 1.29 is 4.39 Å². The molecule has 0 saturated carbocycles. The van der Waals surface area contributed by atoms with Crippen molar-refractivity contribution >= 4 is 0 Å². The van der Waals surface area contributed by atoms with Crippen LogP contribution >= 0.6 is 0 Å². The van der Waals surface area contributed by atoms with Crippen molar-refractivity contribution in [3.05, 3.63) is 35.7 Å². The van der Waals surface area contributed by atoms with Crippen LogP contribution in [0.2, 0.25) is 0 Å². The lowest BCUT2D eigenvalue weighted by molar-refractivity contribution is 0.321. The Hall–Kier alpha value is -1.33. The van der Waals surface area contributed by atoms with E-state index in [-0.39, 0.29) is 11.7 Å². The molecule has 16 heavy (non-hydrogen) atoms. The maximum absolute atomic E-state index is 13.6. The third-order valence-electron chi connectivity index (χ3n) is 3.06. The zero-order chi connectivity index (χ0) is 11.4. The van der Waals surface area contributed by atoms with Crippen LogP contribution in [0.25, 0.3) is 0 Å². The van der Waals surface area contributed by atoms with Gasteiger partial charge in [0.25, 0.3) is 0 Å². The Labute approximate surface area is 96.3 Å². The molecule has 0 amide bonds. The Balaban J connectivity index is 2.03. The minimum atomic E-state index is -0.267. The molecule has 0 aromatic carbocycles. The largest absolute Gasteiger partial charge is 0.302 e. The molecule has 1 heterocycles. The van der Waals surface area contributed by atoms with Crippen LogP contribution < -0.4 is 0 Å². The number of halogens is 1. The van der Waals surface area contributed by atoms with Crippen molar-refractivity contribution in [1.82, 2.24) is 4.90 Å². The van der Waals surface area contributed by atoms with Crippen LogP contribution in [0, 0.1) is 18.3 Å². The van der Waals surface area contributed by atoms with Crippen molar-refractivity contribution in [2.24, 2.45) is 5.92 Å². The predicted octanol–water partition coefficient (Wildman–Crippen LogP) is 2.68. The first-order valence-electron chi connectivity index (χ1n) is 5.75. The molecule has 2 aliphatic rings. The molecule has 1 aliphatic heterocycles. The van der Waals surface area contributed by atoms with Crippen LogP contribution in [0.5, 0.6) is 0 Å². The fourth-order valence-electron chi connectivity index (χ4n) is 2.20. The zero-order valence-electron chi connectivity index (χ0n) is 9.32. The highest BCUT2D eigenvalue weighted by Gasteiger charge is 2.16. The summed E-state index contributed by atoms with van der Waals surface area (Å²) in [4.78, 5) is 2.37. The van der Waals surface area contributed by atoms with Gasteiger partial charge < -0.3 is 4.90 Å². The molecule has 0 N–H and O–H groups in total. The molecular weight excluding hydrogens is 201 g/mol. The Morgan fingerprint density at radius 2 is 2.19 bits per heavy atom. The smallest absolute Gasteiger partial charge is 0.135 e. The second-order valence-electron chi connectivity index (χ2n) is 4.30. The molecule has 1 nitrogen and oxygen atoms in total. The monoisotopic (exact) mass is 217 g/mol. The SMILES string of the molecule is C#CC1=CC=CC(CN2CCCC2)C=C1F. The van der Waals surface area contributed by atoms with Crippen LogP contribution in [0.1, 0.15) is 12.8 Å². The molecule has 0 aromatic rings. The van der Waals surface area contributed by atoms with E-state index in [1.807, 2.05) is 12.2 Å². The zero-order valence-corrected chi connectivity index (χ0v) is 9.32. The van der Waals surface area contributed by atoms with E-state index in [0.717, 1.165) is 19.6 Å². The van der Waals surface area contributed by atoms with Gasteiger partial charge in [0.1, 0.15) is 5.83 Å². The number of terminal acetylenes is 1. The van der Waals surface area contributed by atoms with E-state index in [4.69, 9.17) is 6.42 Å². The molecule has 2 heteroatoms. The molecule has 2 rings (SSSR count). The average Bonchev–Trinajstić information content (AvgIpc) is 2.69. The minimum Gasteiger partial charge on any atom is -0.302 e. The molecule has 0 spiro atoms. The third kappa shape index (κ3) is 2.62. The summed E-state index contributed by atoms with van der Waals surface area (Å²) in [5.41, 5.74) is 0.347. The van der Waals surface area contributed by atoms with Gasteiger partial charge in [-0.1, -0.05) is 18.1 Å². The summed E-state index contributed by atoms with van der Waals surface area (Å²) in [5.74, 6) is 2.23. The van der Waals surface area contributed by atoms with E-state index in [0.29, 0.717) is 5.57 Å². The van der Waals surface area contributed by atoms with Crippen molar-refractivity contribution in [3.8, 4) is 12.3 Å². The Bertz CT molecular complexity index is 378. The van der Waals surface area contributed by atoms with Gasteiger partial charge in [0.05, 0.1) is 5.57 Å². The first-order valence-corrected chi connectivity index (χ1v) is 5.75. The minimum absolute atomic E-state index is 0.139. The van der Waals surface area contributed by atoms with E-state index in [1.165, 1.54) is 12.8 Å². The van der Waals surface area contributed by atoms with E-state index in [9.17, 15) is 4.39 Å². The Morgan fingerprint density at radius 3 is 2.88 bits per heavy atom. The normalized spacial score (nSPS) is 25.9. The summed E-state index contributed by atoms with van der Waals surface area (Å²) in [6.07, 6.45) is 14.9.